The Balaban J connectivity index is 1.07. The summed E-state index contributed by atoms with van der Waals surface area (Å²) >= 11 is 1.88. The SMILES string of the molecule is c1ccc(-c2ccc(N(c3ccc(-c4cccc5c4sc4ccccc45)cc3)c3cccc4c3-c3ccccc3C43c4ccccc4-c4ccccc43)cc2)cc1. The van der Waals surface area contributed by atoms with E-state index in [1.54, 1.807) is 0 Å². The van der Waals surface area contributed by atoms with Crippen molar-refractivity contribution in [3.8, 4) is 44.5 Å². The highest BCUT2D eigenvalue weighted by Gasteiger charge is 2.52. The predicted molar refractivity (Wildman–Crippen MR) is 241 cm³/mol. The molecular formula is C55H35NS. The fourth-order valence-corrected chi connectivity index (χ4v) is 11.2. The van der Waals surface area contributed by atoms with Crippen LogP contribution in [0.1, 0.15) is 22.3 Å². The van der Waals surface area contributed by atoms with Gasteiger partial charge in [0, 0.05) is 37.1 Å². The molecule has 0 saturated heterocycles. The maximum atomic E-state index is 2.47. The van der Waals surface area contributed by atoms with Gasteiger partial charge in [-0.2, -0.15) is 0 Å². The molecule has 0 N–H and O–H groups in total. The van der Waals surface area contributed by atoms with Crippen molar-refractivity contribution < 1.29 is 0 Å². The number of thiophene rings is 1. The van der Waals surface area contributed by atoms with Crippen molar-refractivity contribution >= 4 is 48.6 Å². The van der Waals surface area contributed by atoms with E-state index in [-0.39, 0.29) is 0 Å². The van der Waals surface area contributed by atoms with Crippen LogP contribution in [0.25, 0.3) is 64.7 Å². The summed E-state index contributed by atoms with van der Waals surface area (Å²) in [5.74, 6) is 0. The van der Waals surface area contributed by atoms with Crippen LogP contribution in [0.2, 0.25) is 0 Å². The third kappa shape index (κ3) is 4.62. The standard InChI is InChI=1S/C55H35NS/c1-2-14-36(15-3-1)37-28-32-39(33-29-37)56(40-34-30-38(31-35-40)41-20-12-21-45-44-18-7-11-27-52(44)57-54(41)45)51-26-13-25-50-53(51)46-19-6-10-24-49(46)55(50)47-22-8-4-16-42(47)43-17-5-9-23-48(43)55/h1-35H. The molecule has 2 aliphatic rings. The van der Waals surface area contributed by atoms with Gasteiger partial charge in [-0.1, -0.05) is 176 Å². The van der Waals surface area contributed by atoms with Crippen LogP contribution in [-0.2, 0) is 5.41 Å². The molecule has 1 aromatic heterocycles. The van der Waals surface area contributed by atoms with E-state index in [1.807, 2.05) is 11.3 Å². The zero-order valence-corrected chi connectivity index (χ0v) is 31.9. The highest BCUT2D eigenvalue weighted by atomic mass is 32.1. The number of hydrogen-bond acceptors (Lipinski definition) is 2. The van der Waals surface area contributed by atoms with Gasteiger partial charge in [0.15, 0.2) is 0 Å². The first kappa shape index (κ1) is 32.3. The van der Waals surface area contributed by atoms with Gasteiger partial charge < -0.3 is 4.90 Å². The van der Waals surface area contributed by atoms with Crippen LogP contribution in [0.15, 0.2) is 212 Å². The first-order valence-corrected chi connectivity index (χ1v) is 20.5. The Morgan fingerprint density at radius 3 is 1.53 bits per heavy atom. The van der Waals surface area contributed by atoms with Crippen molar-refractivity contribution in [1.82, 2.24) is 0 Å². The second kappa shape index (κ2) is 12.5. The lowest BCUT2D eigenvalue weighted by Gasteiger charge is -2.32. The van der Waals surface area contributed by atoms with E-state index in [1.165, 1.54) is 92.6 Å². The summed E-state index contributed by atoms with van der Waals surface area (Å²) in [6, 6.07) is 78.6. The zero-order chi connectivity index (χ0) is 37.5. The Bertz CT molecular complexity index is 3130. The second-order valence-corrected chi connectivity index (χ2v) is 16.2. The summed E-state index contributed by atoms with van der Waals surface area (Å²) < 4.78 is 2.66. The average molecular weight is 742 g/mol. The number of benzene rings is 9. The van der Waals surface area contributed by atoms with Crippen molar-refractivity contribution in [2.75, 3.05) is 4.90 Å². The van der Waals surface area contributed by atoms with Crippen LogP contribution in [0, 0.1) is 0 Å². The van der Waals surface area contributed by atoms with E-state index >= 15 is 0 Å². The minimum Gasteiger partial charge on any atom is -0.310 e. The molecule has 0 bridgehead atoms. The highest BCUT2D eigenvalue weighted by molar-refractivity contribution is 7.26. The first-order chi connectivity index (χ1) is 28.3. The quantitative estimate of drug-likeness (QED) is 0.170. The molecule has 10 aromatic rings. The molecule has 1 heterocycles. The molecule has 0 aliphatic heterocycles. The summed E-state index contributed by atoms with van der Waals surface area (Å²) in [7, 11) is 0. The van der Waals surface area contributed by atoms with Gasteiger partial charge >= 0.3 is 0 Å². The molecule has 0 unspecified atom stereocenters. The van der Waals surface area contributed by atoms with Gasteiger partial charge in [0.25, 0.3) is 0 Å². The monoisotopic (exact) mass is 741 g/mol. The maximum absolute atomic E-state index is 2.47. The first-order valence-electron chi connectivity index (χ1n) is 19.7. The fraction of sp³-hybridized carbons (Fsp3) is 0.0182. The number of rotatable bonds is 5. The summed E-state index contributed by atoms with van der Waals surface area (Å²) in [5, 5.41) is 2.64. The molecule has 0 saturated carbocycles. The third-order valence-electron chi connectivity index (χ3n) is 12.3. The fourth-order valence-electron chi connectivity index (χ4n) is 9.94. The van der Waals surface area contributed by atoms with Gasteiger partial charge in [0.1, 0.15) is 0 Å². The van der Waals surface area contributed by atoms with Crippen molar-refractivity contribution in [3.63, 3.8) is 0 Å². The molecule has 2 heteroatoms. The lowest BCUT2D eigenvalue weighted by atomic mass is 9.70. The lowest BCUT2D eigenvalue weighted by molar-refractivity contribution is 0.794. The van der Waals surface area contributed by atoms with Crippen molar-refractivity contribution in [2.45, 2.75) is 5.41 Å². The summed E-state index contributed by atoms with van der Waals surface area (Å²) in [6.45, 7) is 0. The molecule has 1 spiro atoms. The third-order valence-corrected chi connectivity index (χ3v) is 13.5. The molecule has 12 rings (SSSR count). The van der Waals surface area contributed by atoms with E-state index in [0.717, 1.165) is 11.4 Å². The van der Waals surface area contributed by atoms with Gasteiger partial charge in [0.2, 0.25) is 0 Å². The van der Waals surface area contributed by atoms with Gasteiger partial charge in [-0.15, -0.1) is 11.3 Å². The molecule has 57 heavy (non-hydrogen) atoms. The van der Waals surface area contributed by atoms with Crippen LogP contribution in [0.3, 0.4) is 0 Å². The zero-order valence-electron chi connectivity index (χ0n) is 31.1. The molecule has 0 amide bonds. The van der Waals surface area contributed by atoms with Gasteiger partial charge in [-0.05, 0) is 97.6 Å². The summed E-state index contributed by atoms with van der Waals surface area (Å²) in [6.07, 6.45) is 0. The molecule has 0 radical (unpaired) electrons. The van der Waals surface area contributed by atoms with Crippen LogP contribution >= 0.6 is 11.3 Å². The average Bonchev–Trinajstić information content (AvgIpc) is 3.92. The van der Waals surface area contributed by atoms with Crippen molar-refractivity contribution in [2.24, 2.45) is 0 Å². The lowest BCUT2D eigenvalue weighted by Crippen LogP contribution is -2.26. The normalized spacial score (nSPS) is 13.1. The van der Waals surface area contributed by atoms with Crippen LogP contribution in [0.4, 0.5) is 17.1 Å². The van der Waals surface area contributed by atoms with Gasteiger partial charge in [-0.25, -0.2) is 0 Å². The van der Waals surface area contributed by atoms with Crippen LogP contribution in [0.5, 0.6) is 0 Å². The smallest absolute Gasteiger partial charge is 0.0726 e. The van der Waals surface area contributed by atoms with Crippen LogP contribution < -0.4 is 4.90 Å². The molecule has 0 fully saturated rings. The number of anilines is 3. The van der Waals surface area contributed by atoms with E-state index in [4.69, 9.17) is 0 Å². The van der Waals surface area contributed by atoms with Gasteiger partial charge in [-0.3, -0.25) is 0 Å². The molecule has 9 aromatic carbocycles. The topological polar surface area (TPSA) is 3.24 Å². The maximum Gasteiger partial charge on any atom is 0.0726 e. The Morgan fingerprint density at radius 2 is 0.825 bits per heavy atom. The molecule has 266 valence electrons. The Hall–Kier alpha value is -7.00. The van der Waals surface area contributed by atoms with E-state index in [9.17, 15) is 0 Å². The van der Waals surface area contributed by atoms with E-state index < -0.39 is 5.41 Å². The number of nitrogens with zero attached hydrogens (tertiary/aromatic N) is 1. The van der Waals surface area contributed by atoms with Crippen molar-refractivity contribution in [1.29, 1.82) is 0 Å². The summed E-state index contributed by atoms with van der Waals surface area (Å²) in [5.41, 5.74) is 18.5. The summed E-state index contributed by atoms with van der Waals surface area (Å²) in [4.78, 5) is 2.47. The minimum absolute atomic E-state index is 0.412. The Labute approximate surface area is 336 Å². The minimum atomic E-state index is -0.412. The Kier molecular flexibility index (Phi) is 7.08. The van der Waals surface area contributed by atoms with Crippen LogP contribution in [-0.4, -0.2) is 0 Å². The Morgan fingerprint density at radius 1 is 0.333 bits per heavy atom. The molecule has 0 atom stereocenters. The van der Waals surface area contributed by atoms with E-state index in [2.05, 4.69) is 217 Å². The molecule has 1 nitrogen and oxygen atoms in total. The molecule has 2 aliphatic carbocycles. The number of fused-ring (bicyclic) bond motifs is 13. The highest BCUT2D eigenvalue weighted by Crippen LogP contribution is 2.64. The molecular weight excluding hydrogens is 707 g/mol. The number of hydrogen-bond donors (Lipinski definition) is 0. The largest absolute Gasteiger partial charge is 0.310 e. The van der Waals surface area contributed by atoms with E-state index in [0.29, 0.717) is 0 Å². The second-order valence-electron chi connectivity index (χ2n) is 15.2. The predicted octanol–water partition coefficient (Wildman–Crippen LogP) is 15.2. The van der Waals surface area contributed by atoms with Gasteiger partial charge in [0.05, 0.1) is 11.1 Å². The van der Waals surface area contributed by atoms with Crippen molar-refractivity contribution in [3.05, 3.63) is 235 Å².